The fourth-order valence-corrected chi connectivity index (χ4v) is 1.83. The Bertz CT molecular complexity index is 435. The second-order valence-electron chi connectivity index (χ2n) is 4.72. The molecule has 1 aromatic carbocycles. The number of hydrogen-bond donors (Lipinski definition) is 5. The summed E-state index contributed by atoms with van der Waals surface area (Å²) >= 11 is 0. The van der Waals surface area contributed by atoms with Crippen LogP contribution in [-0.2, 0) is 20.9 Å². The molecule has 0 aromatic heterocycles. The van der Waals surface area contributed by atoms with Crippen LogP contribution in [0.4, 0.5) is 5.69 Å². The summed E-state index contributed by atoms with van der Waals surface area (Å²) in [6.07, 6.45) is -0.461. The van der Waals surface area contributed by atoms with Gasteiger partial charge in [0.2, 0.25) is 0 Å². The van der Waals surface area contributed by atoms with Gasteiger partial charge in [0.05, 0.1) is 37.7 Å². The van der Waals surface area contributed by atoms with Crippen molar-refractivity contribution in [3.63, 3.8) is 0 Å². The van der Waals surface area contributed by atoms with Crippen LogP contribution >= 0.6 is 0 Å². The Balaban J connectivity index is 0. The van der Waals surface area contributed by atoms with E-state index in [1.165, 1.54) is 0 Å². The molecular weight excluding hydrogens is 330 g/mol. The highest BCUT2D eigenvalue weighted by Crippen LogP contribution is 2.23. The quantitative estimate of drug-likeness (QED) is 0.404. The Morgan fingerprint density at radius 3 is 2.16 bits per heavy atom. The molecule has 1 saturated heterocycles. The van der Waals surface area contributed by atoms with Gasteiger partial charge in [-0.05, 0) is 17.7 Å². The fraction of sp³-hybridized carbons (Fsp3) is 0.588. The third kappa shape index (κ3) is 13.1. The van der Waals surface area contributed by atoms with E-state index in [-0.39, 0.29) is 12.2 Å². The summed E-state index contributed by atoms with van der Waals surface area (Å²) in [5.41, 5.74) is 1.77. The SMILES string of the molecule is CC.CNc1cc(COC)ccc1O.O=CO.OC1COCC(O)C1. The molecular formula is C17H31NO7. The first-order valence-corrected chi connectivity index (χ1v) is 7.98. The highest BCUT2D eigenvalue weighted by Gasteiger charge is 2.17. The van der Waals surface area contributed by atoms with Crippen LogP contribution in [0.5, 0.6) is 5.75 Å². The molecule has 2 unspecified atom stereocenters. The fourth-order valence-electron chi connectivity index (χ4n) is 1.83. The molecule has 5 N–H and O–H groups in total. The van der Waals surface area contributed by atoms with Crippen LogP contribution in [-0.4, -0.2) is 66.5 Å². The van der Waals surface area contributed by atoms with E-state index >= 15 is 0 Å². The summed E-state index contributed by atoms with van der Waals surface area (Å²) in [4.78, 5) is 8.36. The van der Waals surface area contributed by atoms with Gasteiger partial charge in [-0.15, -0.1) is 0 Å². The van der Waals surface area contributed by atoms with Gasteiger partial charge in [0.1, 0.15) is 5.75 Å². The van der Waals surface area contributed by atoms with Gasteiger partial charge in [0.25, 0.3) is 6.47 Å². The zero-order valence-electron chi connectivity index (χ0n) is 15.3. The number of benzene rings is 1. The molecule has 1 fully saturated rings. The Kier molecular flexibility index (Phi) is 17.2. The highest BCUT2D eigenvalue weighted by molar-refractivity contribution is 5.56. The van der Waals surface area contributed by atoms with Crippen molar-refractivity contribution in [1.82, 2.24) is 0 Å². The number of hydrogen-bond acceptors (Lipinski definition) is 7. The average molecular weight is 361 g/mol. The van der Waals surface area contributed by atoms with Crippen LogP contribution in [0, 0.1) is 0 Å². The molecule has 0 bridgehead atoms. The second kappa shape index (κ2) is 17.0. The van der Waals surface area contributed by atoms with Crippen molar-refractivity contribution >= 4 is 12.2 Å². The largest absolute Gasteiger partial charge is 0.506 e. The smallest absolute Gasteiger partial charge is 0.290 e. The lowest BCUT2D eigenvalue weighted by molar-refractivity contribution is -0.122. The number of ether oxygens (including phenoxy) is 2. The number of aliphatic hydroxyl groups excluding tert-OH is 2. The predicted molar refractivity (Wildman–Crippen MR) is 95.9 cm³/mol. The van der Waals surface area contributed by atoms with Gasteiger partial charge >= 0.3 is 0 Å². The van der Waals surface area contributed by atoms with Crippen molar-refractivity contribution in [1.29, 1.82) is 0 Å². The molecule has 0 aliphatic carbocycles. The zero-order valence-corrected chi connectivity index (χ0v) is 15.3. The normalized spacial score (nSPS) is 18.2. The van der Waals surface area contributed by atoms with Gasteiger partial charge in [-0.3, -0.25) is 4.79 Å². The first-order chi connectivity index (χ1) is 12.0. The maximum Gasteiger partial charge on any atom is 0.290 e. The number of aliphatic hydroxyl groups is 2. The van der Waals surface area contributed by atoms with Crippen molar-refractivity contribution in [2.75, 3.05) is 32.7 Å². The van der Waals surface area contributed by atoms with Crippen LogP contribution < -0.4 is 5.32 Å². The van der Waals surface area contributed by atoms with E-state index in [1.807, 2.05) is 26.0 Å². The molecule has 1 aliphatic heterocycles. The number of aromatic hydroxyl groups is 1. The lowest BCUT2D eigenvalue weighted by Crippen LogP contribution is -2.32. The Hall–Kier alpha value is -1.87. The Labute approximate surface area is 149 Å². The summed E-state index contributed by atoms with van der Waals surface area (Å²) in [7, 11) is 3.41. The molecule has 0 radical (unpaired) electrons. The second-order valence-corrected chi connectivity index (χ2v) is 4.72. The highest BCUT2D eigenvalue weighted by atomic mass is 16.5. The molecule has 0 saturated carbocycles. The zero-order chi connectivity index (χ0) is 19.7. The van der Waals surface area contributed by atoms with E-state index in [0.717, 1.165) is 11.3 Å². The monoisotopic (exact) mass is 361 g/mol. The third-order valence-electron chi connectivity index (χ3n) is 2.81. The lowest BCUT2D eigenvalue weighted by atomic mass is 10.1. The van der Waals surface area contributed by atoms with Crippen molar-refractivity contribution in [3.8, 4) is 5.75 Å². The van der Waals surface area contributed by atoms with Crippen LogP contribution in [0.15, 0.2) is 18.2 Å². The number of anilines is 1. The lowest BCUT2D eigenvalue weighted by Gasteiger charge is -2.21. The molecule has 146 valence electrons. The summed E-state index contributed by atoms with van der Waals surface area (Å²) in [6, 6.07) is 5.35. The summed E-state index contributed by atoms with van der Waals surface area (Å²) < 4.78 is 9.75. The van der Waals surface area contributed by atoms with Gasteiger partial charge in [-0.2, -0.15) is 0 Å². The summed E-state index contributed by atoms with van der Waals surface area (Å²) in [5.74, 6) is 0.261. The van der Waals surface area contributed by atoms with Crippen LogP contribution in [0.25, 0.3) is 0 Å². The van der Waals surface area contributed by atoms with Crippen LogP contribution in [0.3, 0.4) is 0 Å². The van der Waals surface area contributed by atoms with E-state index in [4.69, 9.17) is 29.6 Å². The molecule has 0 spiro atoms. The van der Waals surface area contributed by atoms with Crippen molar-refractivity contribution in [2.24, 2.45) is 0 Å². The van der Waals surface area contributed by atoms with E-state index < -0.39 is 12.2 Å². The van der Waals surface area contributed by atoms with Gasteiger partial charge in [0, 0.05) is 20.6 Å². The maximum atomic E-state index is 9.30. The third-order valence-corrected chi connectivity index (χ3v) is 2.81. The number of nitrogens with one attached hydrogen (secondary N) is 1. The molecule has 1 aromatic rings. The van der Waals surface area contributed by atoms with Gasteiger partial charge in [-0.1, -0.05) is 19.9 Å². The first-order valence-electron chi connectivity index (χ1n) is 7.98. The van der Waals surface area contributed by atoms with E-state index in [9.17, 15) is 5.11 Å². The van der Waals surface area contributed by atoms with Crippen LogP contribution in [0.1, 0.15) is 25.8 Å². The topological polar surface area (TPSA) is 128 Å². The molecule has 1 aliphatic rings. The average Bonchev–Trinajstić information content (AvgIpc) is 2.60. The minimum atomic E-state index is -0.459. The summed E-state index contributed by atoms with van der Waals surface area (Å²) in [6.45, 7) is 5.06. The molecule has 25 heavy (non-hydrogen) atoms. The minimum absolute atomic E-state index is 0.250. The molecule has 8 heteroatoms. The van der Waals surface area contributed by atoms with Crippen molar-refractivity contribution < 1.29 is 34.7 Å². The Morgan fingerprint density at radius 1 is 1.28 bits per heavy atom. The number of phenolic OH excluding ortho intramolecular Hbond substituents is 1. The molecule has 2 rings (SSSR count). The van der Waals surface area contributed by atoms with Crippen molar-refractivity contribution in [3.05, 3.63) is 23.8 Å². The van der Waals surface area contributed by atoms with Crippen LogP contribution in [0.2, 0.25) is 0 Å². The number of carbonyl (C=O) groups is 1. The minimum Gasteiger partial charge on any atom is -0.506 e. The predicted octanol–water partition coefficient (Wildman–Crippen LogP) is 1.44. The molecule has 8 nitrogen and oxygen atoms in total. The van der Waals surface area contributed by atoms with Gasteiger partial charge < -0.3 is 35.2 Å². The number of methoxy groups -OCH3 is 1. The molecule has 0 amide bonds. The van der Waals surface area contributed by atoms with E-state index in [2.05, 4.69) is 5.32 Å². The van der Waals surface area contributed by atoms with E-state index in [1.54, 1.807) is 20.2 Å². The number of carboxylic acid groups (broad SMARTS) is 1. The molecule has 1 heterocycles. The van der Waals surface area contributed by atoms with Crippen molar-refractivity contribution in [2.45, 2.75) is 39.1 Å². The number of rotatable bonds is 3. The van der Waals surface area contributed by atoms with Gasteiger partial charge in [0.15, 0.2) is 0 Å². The summed E-state index contributed by atoms with van der Waals surface area (Å²) in [5, 5.41) is 36.7. The number of phenols is 1. The molecule has 2 atom stereocenters. The maximum absolute atomic E-state index is 9.30. The van der Waals surface area contributed by atoms with E-state index in [0.29, 0.717) is 26.2 Å². The van der Waals surface area contributed by atoms with Gasteiger partial charge in [-0.25, -0.2) is 0 Å². The first kappa shape index (κ1) is 25.4. The standard InChI is InChI=1S/C9H13NO2.C5H10O3.C2H6.CH2O2/c1-10-8-5-7(6-12-2)3-4-9(8)11;6-4-1-5(7)3-8-2-4;1-2;2-1-3/h3-5,10-11H,6H2,1-2H3;4-7H,1-3H2;1-2H3;1H,(H,2,3). The Morgan fingerprint density at radius 2 is 1.80 bits per heavy atom.